The number of likely N-dealkylation sites (tertiary alicyclic amines) is 1. The molecule has 0 aliphatic carbocycles. The van der Waals surface area contributed by atoms with Crippen LogP contribution in [-0.2, 0) is 0 Å². The second-order valence-corrected chi connectivity index (χ2v) is 12.1. The first-order chi connectivity index (χ1) is 20.0. The highest BCUT2D eigenvalue weighted by Crippen LogP contribution is 2.44. The summed E-state index contributed by atoms with van der Waals surface area (Å²) < 4.78 is 20.4. The van der Waals surface area contributed by atoms with Crippen LogP contribution in [0.2, 0.25) is 0 Å². The Bertz CT molecular complexity index is 1240. The highest BCUT2D eigenvalue weighted by Gasteiger charge is 2.50. The van der Waals surface area contributed by atoms with Crippen molar-refractivity contribution in [3.05, 3.63) is 35.9 Å². The zero-order valence-corrected chi connectivity index (χ0v) is 25.3. The summed E-state index contributed by atoms with van der Waals surface area (Å²) in [5.74, 6) is 0.639. The normalized spacial score (nSPS) is 17.0. The molecule has 3 heterocycles. The molecule has 0 saturated carbocycles. The molecule has 1 aromatic heterocycles. The van der Waals surface area contributed by atoms with Gasteiger partial charge in [0.1, 0.15) is 17.9 Å². The van der Waals surface area contributed by atoms with Crippen LogP contribution in [0.3, 0.4) is 0 Å². The largest absolute Gasteiger partial charge is 0.465 e. The summed E-state index contributed by atoms with van der Waals surface area (Å²) in [5.41, 5.74) is 0.281. The van der Waals surface area contributed by atoms with Gasteiger partial charge in [0.2, 0.25) is 0 Å². The Morgan fingerprint density at radius 2 is 1.95 bits per heavy atom. The fraction of sp³-hybridized carbons (Fsp3) is 0.633. The van der Waals surface area contributed by atoms with Gasteiger partial charge in [-0.05, 0) is 64.2 Å². The minimum atomic E-state index is -0.973. The van der Waals surface area contributed by atoms with Gasteiger partial charge >= 0.3 is 6.09 Å². The molecule has 0 radical (unpaired) electrons. The van der Waals surface area contributed by atoms with E-state index in [0.717, 1.165) is 51.9 Å². The maximum absolute atomic E-state index is 14.2. The fourth-order valence-corrected chi connectivity index (χ4v) is 6.34. The van der Waals surface area contributed by atoms with Gasteiger partial charge in [0.25, 0.3) is 11.8 Å². The summed E-state index contributed by atoms with van der Waals surface area (Å²) in [6, 6.07) is 4.32. The van der Waals surface area contributed by atoms with E-state index in [4.69, 9.17) is 9.84 Å². The van der Waals surface area contributed by atoms with Crippen molar-refractivity contribution in [2.24, 2.45) is 11.3 Å². The quantitative estimate of drug-likeness (QED) is 0.323. The first-order valence-corrected chi connectivity index (χ1v) is 15.0. The van der Waals surface area contributed by atoms with Gasteiger partial charge in [0, 0.05) is 56.8 Å². The average molecular weight is 586 g/mol. The van der Waals surface area contributed by atoms with E-state index in [1.807, 2.05) is 20.8 Å². The lowest BCUT2D eigenvalue weighted by Gasteiger charge is -2.53. The zero-order chi connectivity index (χ0) is 30.4. The standard InChI is InChI=1S/C30H44FN7O4/c1-6-38(21(4)5)28(39)23-15-22(31)10-11-25(23)42-27-26(33-19-34-35-27)36-14-12-30(16-36)17-37(18-30)24(20(2)3)9-7-8-13-32-29(40)41/h10-11,15,19-21,24,32H,6-9,12-14,16-18H2,1-5H3,(H,40,41). The molecule has 2 amide bonds. The number of carboxylic acid groups (broad SMARTS) is 1. The lowest BCUT2D eigenvalue weighted by atomic mass is 9.76. The van der Waals surface area contributed by atoms with Crippen LogP contribution >= 0.6 is 0 Å². The number of anilines is 1. The molecule has 0 bridgehead atoms. The first-order valence-electron chi connectivity index (χ1n) is 15.0. The minimum Gasteiger partial charge on any atom is -0.465 e. The Labute approximate surface area is 247 Å². The molecule has 12 heteroatoms. The third-order valence-corrected chi connectivity index (χ3v) is 8.43. The fourth-order valence-electron chi connectivity index (χ4n) is 6.34. The number of unbranched alkanes of at least 4 members (excludes halogenated alkanes) is 1. The molecule has 1 atom stereocenters. The van der Waals surface area contributed by atoms with Gasteiger partial charge in [0.15, 0.2) is 5.82 Å². The number of carbonyl (C=O) groups is 2. The maximum atomic E-state index is 14.2. The summed E-state index contributed by atoms with van der Waals surface area (Å²) in [6.45, 7) is 14.8. The monoisotopic (exact) mass is 585 g/mol. The van der Waals surface area contributed by atoms with Crippen molar-refractivity contribution in [2.45, 2.75) is 72.4 Å². The molecule has 1 unspecified atom stereocenters. The molecule has 2 aromatic rings. The molecule has 1 spiro atoms. The van der Waals surface area contributed by atoms with Crippen LogP contribution < -0.4 is 15.0 Å². The molecule has 2 N–H and O–H groups in total. The molecular weight excluding hydrogens is 541 g/mol. The Hall–Kier alpha value is -3.54. The van der Waals surface area contributed by atoms with Gasteiger partial charge in [-0.3, -0.25) is 9.69 Å². The summed E-state index contributed by atoms with van der Waals surface area (Å²) in [6.07, 6.45) is 4.29. The van der Waals surface area contributed by atoms with Crippen LogP contribution in [0.25, 0.3) is 0 Å². The third-order valence-electron chi connectivity index (χ3n) is 8.43. The van der Waals surface area contributed by atoms with E-state index in [2.05, 4.69) is 44.1 Å². The Kier molecular flexibility index (Phi) is 10.2. The Balaban J connectivity index is 1.43. The summed E-state index contributed by atoms with van der Waals surface area (Å²) >= 11 is 0. The third kappa shape index (κ3) is 7.26. The van der Waals surface area contributed by atoms with E-state index >= 15 is 0 Å². The highest BCUT2D eigenvalue weighted by atomic mass is 19.1. The van der Waals surface area contributed by atoms with Gasteiger partial charge in [-0.1, -0.05) is 20.3 Å². The van der Waals surface area contributed by atoms with E-state index in [1.165, 1.54) is 24.5 Å². The van der Waals surface area contributed by atoms with Gasteiger partial charge in [-0.25, -0.2) is 14.2 Å². The number of benzene rings is 1. The van der Waals surface area contributed by atoms with E-state index < -0.39 is 11.9 Å². The number of aromatic nitrogens is 3. The molecule has 11 nitrogen and oxygen atoms in total. The molecule has 42 heavy (non-hydrogen) atoms. The van der Waals surface area contributed by atoms with Gasteiger partial charge in [-0.15, -0.1) is 10.2 Å². The van der Waals surface area contributed by atoms with Crippen LogP contribution in [0.5, 0.6) is 11.6 Å². The summed E-state index contributed by atoms with van der Waals surface area (Å²) in [7, 11) is 0. The smallest absolute Gasteiger partial charge is 0.404 e. The Morgan fingerprint density at radius 1 is 1.19 bits per heavy atom. The highest BCUT2D eigenvalue weighted by molar-refractivity contribution is 5.97. The van der Waals surface area contributed by atoms with Crippen LogP contribution in [-0.4, -0.2) is 93.4 Å². The second kappa shape index (κ2) is 13.6. The number of hydrogen-bond acceptors (Lipinski definition) is 8. The van der Waals surface area contributed by atoms with Crippen LogP contribution in [0.1, 0.15) is 70.7 Å². The number of halogens is 1. The zero-order valence-electron chi connectivity index (χ0n) is 25.3. The molecular formula is C30H44FN7O4. The van der Waals surface area contributed by atoms with E-state index in [1.54, 1.807) is 4.90 Å². The molecule has 2 saturated heterocycles. The van der Waals surface area contributed by atoms with E-state index in [0.29, 0.717) is 30.9 Å². The predicted molar refractivity (Wildman–Crippen MR) is 157 cm³/mol. The van der Waals surface area contributed by atoms with Gasteiger partial charge in [0.05, 0.1) is 5.56 Å². The molecule has 2 aliphatic heterocycles. The number of carbonyl (C=O) groups excluding carboxylic acids is 1. The van der Waals surface area contributed by atoms with Crippen LogP contribution in [0.4, 0.5) is 15.0 Å². The van der Waals surface area contributed by atoms with Crippen molar-refractivity contribution < 1.29 is 23.8 Å². The van der Waals surface area contributed by atoms with Gasteiger partial charge in [-0.2, -0.15) is 0 Å². The van der Waals surface area contributed by atoms with Crippen molar-refractivity contribution in [3.8, 4) is 11.6 Å². The SMILES string of the molecule is CCN(C(=O)c1cc(F)ccc1Oc1nncnc1N1CCC2(C1)CN(C(CCCCNC(=O)O)C(C)C)C2)C(C)C. The second-order valence-electron chi connectivity index (χ2n) is 12.1. The maximum Gasteiger partial charge on any atom is 0.404 e. The number of hydrogen-bond donors (Lipinski definition) is 2. The van der Waals surface area contributed by atoms with E-state index in [9.17, 15) is 14.0 Å². The number of nitrogens with zero attached hydrogens (tertiary/aromatic N) is 6. The first kappa shape index (κ1) is 31.4. The number of ether oxygens (including phenoxy) is 1. The van der Waals surface area contributed by atoms with Gasteiger partial charge < -0.3 is 25.0 Å². The molecule has 2 fully saturated rings. The number of amides is 2. The van der Waals surface area contributed by atoms with Crippen molar-refractivity contribution in [3.63, 3.8) is 0 Å². The number of nitrogens with one attached hydrogen (secondary N) is 1. The lowest BCUT2D eigenvalue weighted by Crippen LogP contribution is -2.61. The molecule has 4 rings (SSSR count). The predicted octanol–water partition coefficient (Wildman–Crippen LogP) is 4.65. The van der Waals surface area contributed by atoms with Crippen molar-refractivity contribution in [1.82, 2.24) is 30.3 Å². The molecule has 1 aromatic carbocycles. The van der Waals surface area contributed by atoms with Crippen LogP contribution in [0, 0.1) is 17.2 Å². The average Bonchev–Trinajstić information content (AvgIpc) is 3.37. The van der Waals surface area contributed by atoms with Crippen molar-refractivity contribution >= 4 is 17.8 Å². The lowest BCUT2D eigenvalue weighted by molar-refractivity contribution is -0.0340. The Morgan fingerprint density at radius 3 is 2.62 bits per heavy atom. The summed E-state index contributed by atoms with van der Waals surface area (Å²) in [4.78, 5) is 34.9. The summed E-state index contributed by atoms with van der Waals surface area (Å²) in [5, 5.41) is 19.4. The van der Waals surface area contributed by atoms with Crippen LogP contribution in [0.15, 0.2) is 24.5 Å². The molecule has 230 valence electrons. The minimum absolute atomic E-state index is 0.0561. The van der Waals surface area contributed by atoms with Crippen molar-refractivity contribution in [1.29, 1.82) is 0 Å². The number of rotatable bonds is 13. The molecule has 2 aliphatic rings. The van der Waals surface area contributed by atoms with Crippen molar-refractivity contribution in [2.75, 3.05) is 44.2 Å². The topological polar surface area (TPSA) is 124 Å². The van der Waals surface area contributed by atoms with E-state index in [-0.39, 0.29) is 34.6 Å².